The van der Waals surface area contributed by atoms with Crippen molar-refractivity contribution < 1.29 is 9.53 Å². The fraction of sp³-hybridized carbons (Fsp3) is 0.562. The highest BCUT2D eigenvalue weighted by atomic mass is 35.5. The SMILES string of the molecule is CCOC(=O)CC(C)N1CCN(c2ccc(Cl)cc2)CC1. The van der Waals surface area contributed by atoms with Gasteiger partial charge in [-0.3, -0.25) is 9.69 Å². The van der Waals surface area contributed by atoms with Crippen molar-refractivity contribution in [3.8, 4) is 0 Å². The molecule has 1 aliphatic heterocycles. The number of benzene rings is 1. The lowest BCUT2D eigenvalue weighted by Crippen LogP contribution is -2.50. The van der Waals surface area contributed by atoms with E-state index >= 15 is 0 Å². The van der Waals surface area contributed by atoms with E-state index in [1.54, 1.807) is 0 Å². The summed E-state index contributed by atoms with van der Waals surface area (Å²) >= 11 is 5.92. The number of carbonyl (C=O) groups is 1. The quantitative estimate of drug-likeness (QED) is 0.783. The van der Waals surface area contributed by atoms with E-state index in [1.807, 2.05) is 19.1 Å². The van der Waals surface area contributed by atoms with E-state index in [9.17, 15) is 4.79 Å². The van der Waals surface area contributed by atoms with Crippen molar-refractivity contribution in [2.24, 2.45) is 0 Å². The summed E-state index contributed by atoms with van der Waals surface area (Å²) in [6.07, 6.45) is 0.467. The van der Waals surface area contributed by atoms with Crippen LogP contribution in [-0.2, 0) is 9.53 Å². The zero-order valence-corrected chi connectivity index (χ0v) is 13.5. The number of hydrogen-bond acceptors (Lipinski definition) is 4. The Labute approximate surface area is 131 Å². The number of carbonyl (C=O) groups excluding carboxylic acids is 1. The third kappa shape index (κ3) is 4.61. The molecular weight excluding hydrogens is 288 g/mol. The van der Waals surface area contributed by atoms with Crippen molar-refractivity contribution in [1.82, 2.24) is 4.90 Å². The highest BCUT2D eigenvalue weighted by Gasteiger charge is 2.23. The normalized spacial score (nSPS) is 17.6. The van der Waals surface area contributed by atoms with Crippen LogP contribution in [0.15, 0.2) is 24.3 Å². The van der Waals surface area contributed by atoms with E-state index < -0.39 is 0 Å². The summed E-state index contributed by atoms with van der Waals surface area (Å²) in [6, 6.07) is 8.19. The number of nitrogens with zero attached hydrogens (tertiary/aromatic N) is 2. The van der Waals surface area contributed by atoms with Gasteiger partial charge in [0, 0.05) is 42.9 Å². The molecule has 0 saturated carbocycles. The predicted octanol–water partition coefficient (Wildman–Crippen LogP) is 2.80. The number of anilines is 1. The lowest BCUT2D eigenvalue weighted by Gasteiger charge is -2.38. The molecule has 1 atom stereocenters. The molecule has 5 heteroatoms. The van der Waals surface area contributed by atoms with Crippen LogP contribution >= 0.6 is 11.6 Å². The lowest BCUT2D eigenvalue weighted by molar-refractivity contribution is -0.144. The van der Waals surface area contributed by atoms with Gasteiger partial charge in [0.05, 0.1) is 13.0 Å². The monoisotopic (exact) mass is 310 g/mol. The van der Waals surface area contributed by atoms with Gasteiger partial charge < -0.3 is 9.64 Å². The molecule has 0 amide bonds. The third-order valence-corrected chi connectivity index (χ3v) is 4.15. The first-order valence-corrected chi connectivity index (χ1v) is 7.88. The van der Waals surface area contributed by atoms with Gasteiger partial charge >= 0.3 is 5.97 Å². The van der Waals surface area contributed by atoms with Crippen LogP contribution in [0.1, 0.15) is 20.3 Å². The van der Waals surface area contributed by atoms with Crippen molar-refractivity contribution >= 4 is 23.3 Å². The van der Waals surface area contributed by atoms with E-state index in [1.165, 1.54) is 5.69 Å². The molecule has 1 aromatic rings. The molecule has 1 aliphatic rings. The smallest absolute Gasteiger partial charge is 0.307 e. The fourth-order valence-corrected chi connectivity index (χ4v) is 2.79. The summed E-state index contributed by atoms with van der Waals surface area (Å²) in [7, 11) is 0. The Morgan fingerprint density at radius 1 is 1.24 bits per heavy atom. The number of ether oxygens (including phenoxy) is 1. The van der Waals surface area contributed by atoms with Crippen molar-refractivity contribution in [2.45, 2.75) is 26.3 Å². The van der Waals surface area contributed by atoms with E-state index in [4.69, 9.17) is 16.3 Å². The average Bonchev–Trinajstić information content (AvgIpc) is 2.48. The van der Waals surface area contributed by atoms with Gasteiger partial charge in [-0.25, -0.2) is 0 Å². The second-order valence-electron chi connectivity index (χ2n) is 5.36. The Morgan fingerprint density at radius 3 is 2.43 bits per heavy atom. The summed E-state index contributed by atoms with van der Waals surface area (Å²) < 4.78 is 5.02. The lowest BCUT2D eigenvalue weighted by atomic mass is 10.1. The summed E-state index contributed by atoms with van der Waals surface area (Å²) in [6.45, 7) is 8.24. The standard InChI is InChI=1S/C16H23ClN2O2/c1-3-21-16(20)12-13(2)18-8-10-19(11-9-18)15-6-4-14(17)5-7-15/h4-7,13H,3,8-12H2,1-2H3. The van der Waals surface area contributed by atoms with Crippen LogP contribution in [-0.4, -0.2) is 49.7 Å². The number of hydrogen-bond donors (Lipinski definition) is 0. The van der Waals surface area contributed by atoms with E-state index in [-0.39, 0.29) is 12.0 Å². The van der Waals surface area contributed by atoms with Crippen LogP contribution < -0.4 is 4.90 Å². The minimum Gasteiger partial charge on any atom is -0.466 e. The van der Waals surface area contributed by atoms with E-state index in [0.717, 1.165) is 31.2 Å². The molecule has 4 nitrogen and oxygen atoms in total. The first kappa shape index (κ1) is 16.1. The van der Waals surface area contributed by atoms with Crippen molar-refractivity contribution in [3.63, 3.8) is 0 Å². The van der Waals surface area contributed by atoms with Gasteiger partial charge in [-0.05, 0) is 38.1 Å². The zero-order chi connectivity index (χ0) is 15.2. The number of esters is 1. The van der Waals surface area contributed by atoms with Crippen LogP contribution in [0.25, 0.3) is 0 Å². The fourth-order valence-electron chi connectivity index (χ4n) is 2.66. The second-order valence-corrected chi connectivity index (χ2v) is 5.79. The molecule has 1 heterocycles. The Balaban J connectivity index is 1.82. The minimum atomic E-state index is -0.106. The second kappa shape index (κ2) is 7.66. The maximum atomic E-state index is 11.5. The topological polar surface area (TPSA) is 32.8 Å². The molecular formula is C16H23ClN2O2. The van der Waals surface area contributed by atoms with Crippen LogP contribution in [0.5, 0.6) is 0 Å². The third-order valence-electron chi connectivity index (χ3n) is 3.90. The zero-order valence-electron chi connectivity index (χ0n) is 12.7. The largest absolute Gasteiger partial charge is 0.466 e. The molecule has 2 rings (SSSR count). The molecule has 0 radical (unpaired) electrons. The maximum Gasteiger partial charge on any atom is 0.307 e. The molecule has 21 heavy (non-hydrogen) atoms. The summed E-state index contributed by atoms with van der Waals surface area (Å²) in [5.41, 5.74) is 1.21. The first-order valence-electron chi connectivity index (χ1n) is 7.50. The highest BCUT2D eigenvalue weighted by molar-refractivity contribution is 6.30. The molecule has 0 aliphatic carbocycles. The molecule has 0 N–H and O–H groups in total. The highest BCUT2D eigenvalue weighted by Crippen LogP contribution is 2.20. The van der Waals surface area contributed by atoms with Gasteiger partial charge in [-0.1, -0.05) is 11.6 Å². The van der Waals surface area contributed by atoms with Crippen LogP contribution in [0, 0.1) is 0 Å². The summed E-state index contributed by atoms with van der Waals surface area (Å²) in [5, 5.41) is 0.764. The van der Waals surface area contributed by atoms with Crippen molar-refractivity contribution in [3.05, 3.63) is 29.3 Å². The van der Waals surface area contributed by atoms with Gasteiger partial charge in [0.2, 0.25) is 0 Å². The Hall–Kier alpha value is -1.26. The molecule has 1 aromatic carbocycles. The predicted molar refractivity (Wildman–Crippen MR) is 86.0 cm³/mol. The summed E-state index contributed by atoms with van der Waals surface area (Å²) in [5.74, 6) is -0.106. The molecule has 0 spiro atoms. The first-order chi connectivity index (χ1) is 10.1. The number of piperazine rings is 1. The molecule has 116 valence electrons. The van der Waals surface area contributed by atoms with Crippen molar-refractivity contribution in [1.29, 1.82) is 0 Å². The van der Waals surface area contributed by atoms with E-state index in [0.29, 0.717) is 13.0 Å². The molecule has 1 fully saturated rings. The molecule has 0 aromatic heterocycles. The molecule has 0 bridgehead atoms. The van der Waals surface area contributed by atoms with Crippen LogP contribution in [0.3, 0.4) is 0 Å². The average molecular weight is 311 g/mol. The minimum absolute atomic E-state index is 0.106. The Morgan fingerprint density at radius 2 is 1.86 bits per heavy atom. The van der Waals surface area contributed by atoms with Crippen LogP contribution in [0.2, 0.25) is 5.02 Å². The van der Waals surface area contributed by atoms with Gasteiger partial charge in [0.1, 0.15) is 0 Å². The van der Waals surface area contributed by atoms with Crippen LogP contribution in [0.4, 0.5) is 5.69 Å². The van der Waals surface area contributed by atoms with Gasteiger partial charge in [0.15, 0.2) is 0 Å². The number of rotatable bonds is 5. The Kier molecular flexibility index (Phi) is 5.88. The van der Waals surface area contributed by atoms with Crippen molar-refractivity contribution in [2.75, 3.05) is 37.7 Å². The van der Waals surface area contributed by atoms with Gasteiger partial charge in [-0.2, -0.15) is 0 Å². The van der Waals surface area contributed by atoms with Gasteiger partial charge in [-0.15, -0.1) is 0 Å². The molecule has 1 saturated heterocycles. The molecule has 1 unspecified atom stereocenters. The Bertz CT molecular complexity index is 456. The van der Waals surface area contributed by atoms with E-state index in [2.05, 4.69) is 28.9 Å². The maximum absolute atomic E-state index is 11.5. The van der Waals surface area contributed by atoms with Gasteiger partial charge in [0.25, 0.3) is 0 Å². The number of halogens is 1. The summed E-state index contributed by atoms with van der Waals surface area (Å²) in [4.78, 5) is 16.2.